The van der Waals surface area contributed by atoms with Gasteiger partial charge in [0, 0.05) is 19.7 Å². The zero-order valence-electron chi connectivity index (χ0n) is 10.8. The van der Waals surface area contributed by atoms with Gasteiger partial charge in [-0.25, -0.2) is 0 Å². The van der Waals surface area contributed by atoms with Crippen LogP contribution >= 0.6 is 0 Å². The van der Waals surface area contributed by atoms with E-state index < -0.39 is 0 Å². The molecule has 0 spiro atoms. The van der Waals surface area contributed by atoms with Crippen LogP contribution in [0.1, 0.15) is 23.3 Å². The van der Waals surface area contributed by atoms with Gasteiger partial charge in [0.1, 0.15) is 17.1 Å². The van der Waals surface area contributed by atoms with Crippen molar-refractivity contribution in [3.05, 3.63) is 35.4 Å². The molecule has 6 heteroatoms. The molecule has 0 aliphatic rings. The number of aliphatic hydroxyl groups excluding tert-OH is 1. The van der Waals surface area contributed by atoms with Gasteiger partial charge in [-0.1, -0.05) is 31.7 Å². The van der Waals surface area contributed by atoms with Crippen molar-refractivity contribution >= 4 is 11.7 Å². The first-order chi connectivity index (χ1) is 9.08. The number of aliphatic hydroxyl groups is 1. The summed E-state index contributed by atoms with van der Waals surface area (Å²) < 4.78 is 1.47. The van der Waals surface area contributed by atoms with Gasteiger partial charge in [-0.15, -0.1) is 0 Å². The number of hydrogen-bond acceptors (Lipinski definition) is 4. The number of amides is 1. The molecule has 0 aliphatic carbocycles. The Bertz CT molecular complexity index is 602. The summed E-state index contributed by atoms with van der Waals surface area (Å²) in [6.07, 6.45) is 0. The monoisotopic (exact) mass is 276 g/mol. The number of nitrogens with one attached hydrogen (secondary N) is 1. The maximum Gasteiger partial charge on any atom is 0.257 e. The molecule has 0 atom stereocenters. The Kier molecular flexibility index (Phi) is 4.88. The molecule has 0 unspecified atom stereocenters. The Hall–Kier alpha value is -2.34. The summed E-state index contributed by atoms with van der Waals surface area (Å²) in [5.74, 6) is 0.0485. The highest BCUT2D eigenvalue weighted by atomic mass is 16.3. The summed E-state index contributed by atoms with van der Waals surface area (Å²) in [6, 6.07) is 7.18. The number of nitrogens with zero attached hydrogens (tertiary/aromatic N) is 2. The summed E-state index contributed by atoms with van der Waals surface area (Å²) in [7, 11) is 3.24. The predicted molar refractivity (Wildman–Crippen MR) is 79.1 cm³/mol. The highest BCUT2D eigenvalue weighted by Crippen LogP contribution is 2.26. The third-order valence-electron chi connectivity index (χ3n) is 2.96. The van der Waals surface area contributed by atoms with Gasteiger partial charge >= 0.3 is 0 Å². The van der Waals surface area contributed by atoms with Crippen molar-refractivity contribution in [1.82, 2.24) is 15.1 Å². The minimum absolute atomic E-state index is 0. The van der Waals surface area contributed by atoms with E-state index in [1.165, 1.54) is 4.68 Å². The Morgan fingerprint density at radius 3 is 2.50 bits per heavy atom. The van der Waals surface area contributed by atoms with Crippen molar-refractivity contribution in [1.29, 1.82) is 0 Å². The summed E-state index contributed by atoms with van der Waals surface area (Å²) in [4.78, 5) is 11.9. The van der Waals surface area contributed by atoms with Crippen LogP contribution in [0.15, 0.2) is 24.3 Å². The maximum absolute atomic E-state index is 11.9. The molecule has 0 fully saturated rings. The van der Waals surface area contributed by atoms with Gasteiger partial charge in [0.2, 0.25) is 0 Å². The molecule has 6 nitrogen and oxygen atoms in total. The molecule has 0 aliphatic heterocycles. The SMILES string of the molecule is C.CNC(=O)c1c(-c2ccc(CO)cc2)nn(C)c1N. The van der Waals surface area contributed by atoms with Crippen LogP contribution in [0.5, 0.6) is 0 Å². The smallest absolute Gasteiger partial charge is 0.257 e. The fraction of sp³-hybridized carbons (Fsp3) is 0.286. The minimum Gasteiger partial charge on any atom is -0.392 e. The van der Waals surface area contributed by atoms with Crippen LogP contribution in [0.4, 0.5) is 5.82 Å². The largest absolute Gasteiger partial charge is 0.392 e. The van der Waals surface area contributed by atoms with Crippen molar-refractivity contribution in [3.63, 3.8) is 0 Å². The third kappa shape index (κ3) is 2.65. The van der Waals surface area contributed by atoms with Gasteiger partial charge in [0.15, 0.2) is 0 Å². The molecule has 0 radical (unpaired) electrons. The summed E-state index contributed by atoms with van der Waals surface area (Å²) >= 11 is 0. The first-order valence-corrected chi connectivity index (χ1v) is 5.83. The van der Waals surface area contributed by atoms with Crippen LogP contribution in [0.2, 0.25) is 0 Å². The molecule has 1 aromatic carbocycles. The van der Waals surface area contributed by atoms with Crippen molar-refractivity contribution < 1.29 is 9.90 Å². The van der Waals surface area contributed by atoms with E-state index in [2.05, 4.69) is 10.4 Å². The second kappa shape index (κ2) is 6.21. The van der Waals surface area contributed by atoms with Crippen LogP contribution in [0.25, 0.3) is 11.3 Å². The number of benzene rings is 1. The van der Waals surface area contributed by atoms with Crippen molar-refractivity contribution in [2.75, 3.05) is 12.8 Å². The van der Waals surface area contributed by atoms with Gasteiger partial charge < -0.3 is 16.2 Å². The lowest BCUT2D eigenvalue weighted by Gasteiger charge is -2.03. The molecule has 0 bridgehead atoms. The average Bonchev–Trinajstić information content (AvgIpc) is 2.74. The van der Waals surface area contributed by atoms with Crippen LogP contribution in [0.3, 0.4) is 0 Å². The summed E-state index contributed by atoms with van der Waals surface area (Å²) in [5, 5.41) is 15.9. The van der Waals surface area contributed by atoms with E-state index in [9.17, 15) is 4.79 Å². The topological polar surface area (TPSA) is 93.2 Å². The van der Waals surface area contributed by atoms with Gasteiger partial charge in [0.25, 0.3) is 5.91 Å². The van der Waals surface area contributed by atoms with Crippen molar-refractivity contribution in [2.45, 2.75) is 14.0 Å². The number of aromatic nitrogens is 2. The maximum atomic E-state index is 11.9. The molecule has 2 aromatic rings. The molecule has 0 saturated heterocycles. The van der Waals surface area contributed by atoms with Gasteiger partial charge in [-0.2, -0.15) is 5.10 Å². The summed E-state index contributed by atoms with van der Waals surface area (Å²) in [5.41, 5.74) is 8.35. The lowest BCUT2D eigenvalue weighted by molar-refractivity contribution is 0.0964. The lowest BCUT2D eigenvalue weighted by Crippen LogP contribution is -2.19. The van der Waals surface area contributed by atoms with Gasteiger partial charge in [-0.3, -0.25) is 9.48 Å². The quantitative estimate of drug-likeness (QED) is 0.784. The fourth-order valence-electron chi connectivity index (χ4n) is 1.86. The van der Waals surface area contributed by atoms with E-state index in [1.807, 2.05) is 0 Å². The van der Waals surface area contributed by atoms with Crippen LogP contribution in [-0.2, 0) is 13.7 Å². The zero-order chi connectivity index (χ0) is 14.0. The Morgan fingerprint density at radius 1 is 1.40 bits per heavy atom. The second-order valence-corrected chi connectivity index (χ2v) is 4.17. The van der Waals surface area contributed by atoms with Crippen molar-refractivity contribution in [2.24, 2.45) is 7.05 Å². The van der Waals surface area contributed by atoms with E-state index in [-0.39, 0.29) is 19.9 Å². The molecule has 20 heavy (non-hydrogen) atoms. The third-order valence-corrected chi connectivity index (χ3v) is 2.96. The number of aryl methyl sites for hydroxylation is 1. The Balaban J connectivity index is 0.00000200. The summed E-state index contributed by atoms with van der Waals surface area (Å²) in [6.45, 7) is -0.0209. The van der Waals surface area contributed by atoms with Crippen LogP contribution < -0.4 is 11.1 Å². The fourth-order valence-corrected chi connectivity index (χ4v) is 1.86. The highest BCUT2D eigenvalue weighted by Gasteiger charge is 2.21. The van der Waals surface area contributed by atoms with E-state index in [4.69, 9.17) is 10.8 Å². The van der Waals surface area contributed by atoms with E-state index in [0.29, 0.717) is 17.1 Å². The minimum atomic E-state index is -0.271. The predicted octanol–water partition coefficient (Wildman–Crippen LogP) is 1.16. The molecule has 0 saturated carbocycles. The number of carbonyl (C=O) groups excluding carboxylic acids is 1. The number of nitrogens with two attached hydrogens (primary N) is 1. The normalized spacial score (nSPS) is 9.95. The second-order valence-electron chi connectivity index (χ2n) is 4.17. The first-order valence-electron chi connectivity index (χ1n) is 5.83. The molecular formula is C14H20N4O2. The van der Waals surface area contributed by atoms with E-state index in [1.54, 1.807) is 38.4 Å². The lowest BCUT2D eigenvalue weighted by atomic mass is 10.1. The average molecular weight is 276 g/mol. The number of anilines is 1. The van der Waals surface area contributed by atoms with E-state index in [0.717, 1.165) is 11.1 Å². The van der Waals surface area contributed by atoms with Gasteiger partial charge in [0.05, 0.1) is 6.61 Å². The Morgan fingerprint density at radius 2 is 2.00 bits per heavy atom. The molecule has 1 aromatic heterocycles. The van der Waals surface area contributed by atoms with Crippen LogP contribution in [0, 0.1) is 0 Å². The molecular weight excluding hydrogens is 256 g/mol. The molecule has 1 amide bonds. The highest BCUT2D eigenvalue weighted by molar-refractivity contribution is 6.04. The Labute approximate surface area is 118 Å². The number of hydrogen-bond donors (Lipinski definition) is 3. The van der Waals surface area contributed by atoms with Crippen molar-refractivity contribution in [3.8, 4) is 11.3 Å². The molecule has 2 rings (SSSR count). The van der Waals surface area contributed by atoms with E-state index >= 15 is 0 Å². The first kappa shape index (κ1) is 15.7. The molecule has 4 N–H and O–H groups in total. The van der Waals surface area contributed by atoms with Gasteiger partial charge in [-0.05, 0) is 5.56 Å². The molecule has 1 heterocycles. The standard InChI is InChI=1S/C13H16N4O2.CH4/c1-15-13(19)10-11(16-17(2)12(10)14)9-5-3-8(7-18)4-6-9;/h3-6,18H,7,14H2,1-2H3,(H,15,19);1H4. The number of carbonyl (C=O) groups is 1. The van der Waals surface area contributed by atoms with Crippen LogP contribution in [-0.4, -0.2) is 27.8 Å². The number of nitrogen functional groups attached to an aromatic ring is 1. The number of rotatable bonds is 3. The zero-order valence-corrected chi connectivity index (χ0v) is 10.8. The molecule has 108 valence electrons.